The molecule has 1 fully saturated rings. The molecule has 0 amide bonds. The monoisotopic (exact) mass is 275 g/mol. The van der Waals surface area contributed by atoms with Gasteiger partial charge < -0.3 is 0 Å². The molecule has 0 aromatic carbocycles. The molecular formula is C13H26BrN. The maximum atomic E-state index is 3.58. The van der Waals surface area contributed by atoms with Gasteiger partial charge in [0, 0.05) is 24.5 Å². The first-order valence-electron chi connectivity index (χ1n) is 6.61. The van der Waals surface area contributed by atoms with E-state index in [1.165, 1.54) is 51.6 Å². The lowest BCUT2D eigenvalue weighted by Crippen LogP contribution is -2.39. The van der Waals surface area contributed by atoms with Gasteiger partial charge in [-0.3, -0.25) is 4.90 Å². The first kappa shape index (κ1) is 13.5. The van der Waals surface area contributed by atoms with Gasteiger partial charge in [-0.25, -0.2) is 0 Å². The minimum absolute atomic E-state index is 0.808. The largest absolute Gasteiger partial charge is 0.299 e. The van der Waals surface area contributed by atoms with Crippen LogP contribution in [0.15, 0.2) is 0 Å². The molecule has 1 aliphatic rings. The molecule has 0 aliphatic heterocycles. The van der Waals surface area contributed by atoms with Gasteiger partial charge in [0.05, 0.1) is 0 Å². The third kappa shape index (κ3) is 4.44. The van der Waals surface area contributed by atoms with Gasteiger partial charge in [-0.1, -0.05) is 42.6 Å². The molecular weight excluding hydrogens is 250 g/mol. The summed E-state index contributed by atoms with van der Waals surface area (Å²) >= 11 is 3.58. The van der Waals surface area contributed by atoms with Gasteiger partial charge in [0.1, 0.15) is 0 Å². The molecule has 0 atom stereocenters. The fourth-order valence-corrected chi connectivity index (χ4v) is 3.32. The van der Waals surface area contributed by atoms with Crippen molar-refractivity contribution in [3.63, 3.8) is 0 Å². The first-order chi connectivity index (χ1) is 7.31. The lowest BCUT2D eigenvalue weighted by Gasteiger charge is -2.32. The SMILES string of the molecule is CCC(CC)N(CCBr)CC1CCCC1. The van der Waals surface area contributed by atoms with Crippen molar-refractivity contribution >= 4 is 15.9 Å². The van der Waals surface area contributed by atoms with E-state index in [0.29, 0.717) is 0 Å². The van der Waals surface area contributed by atoms with Crippen LogP contribution in [0.2, 0.25) is 0 Å². The predicted molar refractivity (Wildman–Crippen MR) is 71.7 cm³/mol. The fraction of sp³-hybridized carbons (Fsp3) is 1.00. The van der Waals surface area contributed by atoms with Crippen molar-refractivity contribution in [3.05, 3.63) is 0 Å². The molecule has 90 valence electrons. The molecule has 1 saturated carbocycles. The first-order valence-corrected chi connectivity index (χ1v) is 7.73. The Morgan fingerprint density at radius 2 is 1.80 bits per heavy atom. The maximum absolute atomic E-state index is 3.58. The maximum Gasteiger partial charge on any atom is 0.0159 e. The summed E-state index contributed by atoms with van der Waals surface area (Å²) < 4.78 is 0. The van der Waals surface area contributed by atoms with Crippen molar-refractivity contribution in [2.75, 3.05) is 18.4 Å². The highest BCUT2D eigenvalue weighted by molar-refractivity contribution is 9.09. The Bertz CT molecular complexity index is 151. The fourth-order valence-electron chi connectivity index (χ4n) is 2.86. The molecule has 2 heteroatoms. The highest BCUT2D eigenvalue weighted by atomic mass is 79.9. The lowest BCUT2D eigenvalue weighted by molar-refractivity contribution is 0.168. The highest BCUT2D eigenvalue weighted by Gasteiger charge is 2.21. The van der Waals surface area contributed by atoms with Crippen LogP contribution in [0.1, 0.15) is 52.4 Å². The average Bonchev–Trinajstić information content (AvgIpc) is 2.72. The molecule has 0 N–H and O–H groups in total. The molecule has 1 aliphatic carbocycles. The Kier molecular flexibility index (Phi) is 6.91. The van der Waals surface area contributed by atoms with Crippen LogP contribution < -0.4 is 0 Å². The van der Waals surface area contributed by atoms with Crippen molar-refractivity contribution in [2.45, 2.75) is 58.4 Å². The quantitative estimate of drug-likeness (QED) is 0.634. The summed E-state index contributed by atoms with van der Waals surface area (Å²) in [5.74, 6) is 0.990. The second-order valence-corrected chi connectivity index (χ2v) is 5.60. The van der Waals surface area contributed by atoms with Crippen LogP contribution in [0.3, 0.4) is 0 Å². The number of halogens is 1. The van der Waals surface area contributed by atoms with E-state index >= 15 is 0 Å². The van der Waals surface area contributed by atoms with Crippen LogP contribution >= 0.6 is 15.9 Å². The van der Waals surface area contributed by atoms with Gasteiger partial charge in [0.25, 0.3) is 0 Å². The second-order valence-electron chi connectivity index (χ2n) is 4.80. The van der Waals surface area contributed by atoms with Crippen LogP contribution in [0.5, 0.6) is 0 Å². The van der Waals surface area contributed by atoms with Gasteiger partial charge in [0.15, 0.2) is 0 Å². The molecule has 0 unspecified atom stereocenters. The smallest absolute Gasteiger partial charge is 0.0159 e. The highest BCUT2D eigenvalue weighted by Crippen LogP contribution is 2.26. The van der Waals surface area contributed by atoms with E-state index in [9.17, 15) is 0 Å². The van der Waals surface area contributed by atoms with E-state index in [1.807, 2.05) is 0 Å². The van der Waals surface area contributed by atoms with Crippen LogP contribution in [0.4, 0.5) is 0 Å². The minimum Gasteiger partial charge on any atom is -0.299 e. The van der Waals surface area contributed by atoms with Crippen molar-refractivity contribution < 1.29 is 0 Å². The summed E-state index contributed by atoms with van der Waals surface area (Å²) in [5.41, 5.74) is 0. The molecule has 0 saturated heterocycles. The number of alkyl halides is 1. The molecule has 0 radical (unpaired) electrons. The number of hydrogen-bond acceptors (Lipinski definition) is 1. The van der Waals surface area contributed by atoms with E-state index in [0.717, 1.165) is 17.3 Å². The van der Waals surface area contributed by atoms with E-state index in [4.69, 9.17) is 0 Å². The van der Waals surface area contributed by atoms with Gasteiger partial charge in [0.2, 0.25) is 0 Å². The minimum atomic E-state index is 0.808. The van der Waals surface area contributed by atoms with Crippen LogP contribution in [0, 0.1) is 5.92 Å². The summed E-state index contributed by atoms with van der Waals surface area (Å²) in [4.78, 5) is 2.71. The zero-order valence-electron chi connectivity index (χ0n) is 10.3. The summed E-state index contributed by atoms with van der Waals surface area (Å²) in [5, 5.41) is 1.12. The summed E-state index contributed by atoms with van der Waals surface area (Å²) in [6.45, 7) is 7.22. The number of hydrogen-bond donors (Lipinski definition) is 0. The zero-order valence-corrected chi connectivity index (χ0v) is 11.9. The molecule has 15 heavy (non-hydrogen) atoms. The number of nitrogens with zero attached hydrogens (tertiary/aromatic N) is 1. The zero-order chi connectivity index (χ0) is 11.1. The molecule has 0 aromatic rings. The van der Waals surface area contributed by atoms with E-state index in [2.05, 4.69) is 34.7 Å². The van der Waals surface area contributed by atoms with Crippen LogP contribution in [-0.2, 0) is 0 Å². The summed E-state index contributed by atoms with van der Waals surface area (Å²) in [6.07, 6.45) is 8.48. The van der Waals surface area contributed by atoms with Gasteiger partial charge >= 0.3 is 0 Å². The predicted octanol–water partition coefficient (Wildman–Crippen LogP) is 4.06. The van der Waals surface area contributed by atoms with Crippen LogP contribution in [0.25, 0.3) is 0 Å². The normalized spacial score (nSPS) is 18.2. The van der Waals surface area contributed by atoms with Gasteiger partial charge in [-0.2, -0.15) is 0 Å². The van der Waals surface area contributed by atoms with Crippen LogP contribution in [-0.4, -0.2) is 29.4 Å². The second kappa shape index (κ2) is 7.67. The molecule has 1 rings (SSSR count). The van der Waals surface area contributed by atoms with Crippen molar-refractivity contribution in [1.29, 1.82) is 0 Å². The van der Waals surface area contributed by atoms with Gasteiger partial charge in [-0.05, 0) is 31.6 Å². The molecule has 1 nitrogen and oxygen atoms in total. The van der Waals surface area contributed by atoms with Gasteiger partial charge in [-0.15, -0.1) is 0 Å². The third-order valence-corrected chi connectivity index (χ3v) is 4.15. The lowest BCUT2D eigenvalue weighted by atomic mass is 10.0. The standard InChI is InChI=1S/C13H26BrN/c1-3-13(4-2)15(10-9-14)11-12-7-5-6-8-12/h12-13H,3-11H2,1-2H3. The average molecular weight is 276 g/mol. The third-order valence-electron chi connectivity index (χ3n) is 3.80. The Morgan fingerprint density at radius 3 is 2.27 bits per heavy atom. The molecule has 0 aromatic heterocycles. The van der Waals surface area contributed by atoms with E-state index in [1.54, 1.807) is 0 Å². The molecule has 0 spiro atoms. The summed E-state index contributed by atoms with van der Waals surface area (Å²) in [6, 6.07) is 0.808. The molecule has 0 bridgehead atoms. The van der Waals surface area contributed by atoms with E-state index in [-0.39, 0.29) is 0 Å². The Hall–Kier alpha value is 0.440. The van der Waals surface area contributed by atoms with Crippen molar-refractivity contribution in [1.82, 2.24) is 4.90 Å². The van der Waals surface area contributed by atoms with Crippen molar-refractivity contribution in [3.8, 4) is 0 Å². The Labute approximate surface area is 104 Å². The van der Waals surface area contributed by atoms with E-state index < -0.39 is 0 Å². The number of rotatable bonds is 7. The topological polar surface area (TPSA) is 3.24 Å². The Morgan fingerprint density at radius 1 is 1.20 bits per heavy atom. The summed E-state index contributed by atoms with van der Waals surface area (Å²) in [7, 11) is 0. The molecule has 0 heterocycles. The van der Waals surface area contributed by atoms with Crippen molar-refractivity contribution in [2.24, 2.45) is 5.92 Å². The Balaban J connectivity index is 2.40.